The van der Waals surface area contributed by atoms with Gasteiger partial charge in [0.25, 0.3) is 0 Å². The molecule has 0 radical (unpaired) electrons. The molecule has 2 heteroatoms. The standard InChI is InChI=1S/C15H33NO/c1-8-9-13(4)11-17-14(12(2)3)10-16-15(5,6)7/h12-14,16H,8-11H2,1-7H3. The Morgan fingerprint density at radius 2 is 1.71 bits per heavy atom. The molecule has 0 aromatic heterocycles. The van der Waals surface area contributed by atoms with E-state index in [0.29, 0.717) is 17.9 Å². The van der Waals surface area contributed by atoms with E-state index >= 15 is 0 Å². The largest absolute Gasteiger partial charge is 0.376 e. The molecule has 1 N–H and O–H groups in total. The molecule has 17 heavy (non-hydrogen) atoms. The summed E-state index contributed by atoms with van der Waals surface area (Å²) in [6, 6.07) is 0. The molecule has 0 heterocycles. The quantitative estimate of drug-likeness (QED) is 0.699. The maximum Gasteiger partial charge on any atom is 0.0722 e. The first-order valence-corrected chi connectivity index (χ1v) is 7.13. The SMILES string of the molecule is CCCC(C)COC(CNC(C)(C)C)C(C)C. The molecule has 0 aliphatic rings. The van der Waals surface area contributed by atoms with Crippen molar-refractivity contribution in [3.63, 3.8) is 0 Å². The third-order valence-electron chi connectivity index (χ3n) is 2.95. The molecule has 0 aromatic carbocycles. The topological polar surface area (TPSA) is 21.3 Å². The Bertz CT molecular complexity index is 184. The van der Waals surface area contributed by atoms with Gasteiger partial charge in [-0.2, -0.15) is 0 Å². The smallest absolute Gasteiger partial charge is 0.0722 e. The fraction of sp³-hybridized carbons (Fsp3) is 1.00. The molecule has 0 bridgehead atoms. The number of ether oxygens (including phenoxy) is 1. The van der Waals surface area contributed by atoms with Crippen LogP contribution in [0.25, 0.3) is 0 Å². The molecule has 0 spiro atoms. The van der Waals surface area contributed by atoms with Crippen LogP contribution in [0.2, 0.25) is 0 Å². The van der Waals surface area contributed by atoms with Crippen molar-refractivity contribution >= 4 is 0 Å². The van der Waals surface area contributed by atoms with Crippen molar-refractivity contribution in [2.75, 3.05) is 13.2 Å². The van der Waals surface area contributed by atoms with Crippen LogP contribution in [-0.2, 0) is 4.74 Å². The third-order valence-corrected chi connectivity index (χ3v) is 2.95. The lowest BCUT2D eigenvalue weighted by Crippen LogP contribution is -2.43. The zero-order valence-electron chi connectivity index (χ0n) is 13.0. The van der Waals surface area contributed by atoms with Gasteiger partial charge < -0.3 is 10.1 Å². The zero-order valence-corrected chi connectivity index (χ0v) is 13.0. The number of hydrogen-bond acceptors (Lipinski definition) is 2. The van der Waals surface area contributed by atoms with Crippen molar-refractivity contribution in [2.24, 2.45) is 11.8 Å². The minimum absolute atomic E-state index is 0.172. The molecule has 0 aliphatic carbocycles. The highest BCUT2D eigenvalue weighted by atomic mass is 16.5. The Labute approximate surface area is 109 Å². The highest BCUT2D eigenvalue weighted by Gasteiger charge is 2.18. The maximum absolute atomic E-state index is 6.05. The Morgan fingerprint density at radius 1 is 1.12 bits per heavy atom. The van der Waals surface area contributed by atoms with E-state index in [2.05, 4.69) is 53.8 Å². The minimum atomic E-state index is 0.172. The van der Waals surface area contributed by atoms with E-state index in [9.17, 15) is 0 Å². The molecule has 0 aromatic rings. The first-order chi connectivity index (χ1) is 7.76. The Kier molecular flexibility index (Phi) is 8.06. The van der Waals surface area contributed by atoms with Gasteiger partial charge in [-0.3, -0.25) is 0 Å². The number of rotatable bonds is 8. The lowest BCUT2D eigenvalue weighted by Gasteiger charge is -2.28. The summed E-state index contributed by atoms with van der Waals surface area (Å²) in [6.45, 7) is 17.4. The highest BCUT2D eigenvalue weighted by molar-refractivity contribution is 4.75. The van der Waals surface area contributed by atoms with Gasteiger partial charge in [0, 0.05) is 18.7 Å². The van der Waals surface area contributed by atoms with E-state index in [1.54, 1.807) is 0 Å². The molecule has 2 atom stereocenters. The second kappa shape index (κ2) is 8.10. The normalized spacial score (nSPS) is 16.2. The van der Waals surface area contributed by atoms with Crippen LogP contribution in [0.4, 0.5) is 0 Å². The third kappa shape index (κ3) is 9.61. The fourth-order valence-corrected chi connectivity index (χ4v) is 1.76. The molecule has 0 saturated heterocycles. The van der Waals surface area contributed by atoms with Crippen molar-refractivity contribution in [1.29, 1.82) is 0 Å². The van der Waals surface area contributed by atoms with Crippen LogP contribution in [0, 0.1) is 11.8 Å². The van der Waals surface area contributed by atoms with E-state index in [1.165, 1.54) is 12.8 Å². The van der Waals surface area contributed by atoms with Crippen LogP contribution in [-0.4, -0.2) is 24.8 Å². The van der Waals surface area contributed by atoms with E-state index in [4.69, 9.17) is 4.74 Å². The van der Waals surface area contributed by atoms with Gasteiger partial charge in [-0.25, -0.2) is 0 Å². The van der Waals surface area contributed by atoms with Crippen LogP contribution in [0.3, 0.4) is 0 Å². The van der Waals surface area contributed by atoms with Crippen LogP contribution >= 0.6 is 0 Å². The molecule has 0 fully saturated rings. The van der Waals surface area contributed by atoms with Crippen LogP contribution in [0.15, 0.2) is 0 Å². The van der Waals surface area contributed by atoms with Crippen LogP contribution in [0.1, 0.15) is 61.3 Å². The van der Waals surface area contributed by atoms with Crippen molar-refractivity contribution in [1.82, 2.24) is 5.32 Å². The molecule has 0 rings (SSSR count). The molecular weight excluding hydrogens is 210 g/mol. The molecule has 2 nitrogen and oxygen atoms in total. The summed E-state index contributed by atoms with van der Waals surface area (Å²) in [5.41, 5.74) is 0.172. The van der Waals surface area contributed by atoms with E-state index in [1.807, 2.05) is 0 Å². The van der Waals surface area contributed by atoms with Gasteiger partial charge in [-0.1, -0.05) is 34.1 Å². The Morgan fingerprint density at radius 3 is 2.12 bits per heavy atom. The van der Waals surface area contributed by atoms with Crippen molar-refractivity contribution < 1.29 is 4.74 Å². The maximum atomic E-state index is 6.05. The van der Waals surface area contributed by atoms with Gasteiger partial charge in [0.1, 0.15) is 0 Å². The predicted molar refractivity (Wildman–Crippen MR) is 76.4 cm³/mol. The van der Waals surface area contributed by atoms with E-state index in [0.717, 1.165) is 13.2 Å². The van der Waals surface area contributed by atoms with E-state index in [-0.39, 0.29) is 5.54 Å². The van der Waals surface area contributed by atoms with Gasteiger partial charge in [0.15, 0.2) is 0 Å². The van der Waals surface area contributed by atoms with Gasteiger partial charge >= 0.3 is 0 Å². The van der Waals surface area contributed by atoms with Crippen LogP contribution < -0.4 is 5.32 Å². The van der Waals surface area contributed by atoms with Crippen molar-refractivity contribution in [2.45, 2.75) is 73.0 Å². The number of hydrogen-bond donors (Lipinski definition) is 1. The predicted octanol–water partition coefficient (Wildman–Crippen LogP) is 3.85. The molecule has 0 saturated carbocycles. The lowest BCUT2D eigenvalue weighted by molar-refractivity contribution is 0.00116. The summed E-state index contributed by atoms with van der Waals surface area (Å²) < 4.78 is 6.05. The molecule has 0 aliphatic heterocycles. The fourth-order valence-electron chi connectivity index (χ4n) is 1.76. The molecule has 2 unspecified atom stereocenters. The second-order valence-corrected chi connectivity index (χ2v) is 6.64. The average molecular weight is 243 g/mol. The van der Waals surface area contributed by atoms with Crippen LogP contribution in [0.5, 0.6) is 0 Å². The van der Waals surface area contributed by atoms with Gasteiger partial charge in [0.2, 0.25) is 0 Å². The van der Waals surface area contributed by atoms with Gasteiger partial charge in [0.05, 0.1) is 6.10 Å². The average Bonchev–Trinajstić information content (AvgIpc) is 2.15. The summed E-state index contributed by atoms with van der Waals surface area (Å²) in [4.78, 5) is 0. The minimum Gasteiger partial charge on any atom is -0.376 e. The molecule has 0 amide bonds. The lowest BCUT2D eigenvalue weighted by atomic mass is 10.0. The first-order valence-electron chi connectivity index (χ1n) is 7.13. The number of nitrogens with one attached hydrogen (secondary N) is 1. The summed E-state index contributed by atoms with van der Waals surface area (Å²) in [7, 11) is 0. The molecule has 104 valence electrons. The summed E-state index contributed by atoms with van der Waals surface area (Å²) in [6.07, 6.45) is 2.84. The summed E-state index contributed by atoms with van der Waals surface area (Å²) in [5, 5.41) is 3.53. The van der Waals surface area contributed by atoms with Crippen molar-refractivity contribution in [3.05, 3.63) is 0 Å². The monoisotopic (exact) mass is 243 g/mol. The molecular formula is C15H33NO. The Hall–Kier alpha value is -0.0800. The summed E-state index contributed by atoms with van der Waals surface area (Å²) >= 11 is 0. The highest BCUT2D eigenvalue weighted by Crippen LogP contribution is 2.12. The first kappa shape index (κ1) is 16.9. The van der Waals surface area contributed by atoms with Gasteiger partial charge in [-0.05, 0) is 39.0 Å². The van der Waals surface area contributed by atoms with Crippen molar-refractivity contribution in [3.8, 4) is 0 Å². The zero-order chi connectivity index (χ0) is 13.5. The second-order valence-electron chi connectivity index (χ2n) is 6.64. The Balaban J connectivity index is 3.99. The van der Waals surface area contributed by atoms with Gasteiger partial charge in [-0.15, -0.1) is 0 Å². The summed E-state index contributed by atoms with van der Waals surface area (Å²) in [5.74, 6) is 1.24. The van der Waals surface area contributed by atoms with E-state index < -0.39 is 0 Å².